The molecule has 0 aliphatic rings. The van der Waals surface area contributed by atoms with Crippen molar-refractivity contribution >= 4 is 34.4 Å². The molecule has 20 heavy (non-hydrogen) atoms. The number of nitrogens with zero attached hydrogens (tertiary/aromatic N) is 2. The van der Waals surface area contributed by atoms with Crippen molar-refractivity contribution in [1.82, 2.24) is 4.98 Å². The van der Waals surface area contributed by atoms with E-state index in [0.29, 0.717) is 5.15 Å². The molecule has 2 nitrogen and oxygen atoms in total. The fourth-order valence-corrected chi connectivity index (χ4v) is 2.25. The Balaban J connectivity index is 2.00. The molecular formula is C17H13ClN2. The highest BCUT2D eigenvalue weighted by atomic mass is 35.5. The second-order valence-corrected chi connectivity index (χ2v) is 5.02. The number of fused-ring (bicyclic) bond motifs is 1. The van der Waals surface area contributed by atoms with Crippen LogP contribution in [0.3, 0.4) is 0 Å². The molecule has 3 rings (SSSR count). The maximum absolute atomic E-state index is 6.20. The smallest absolute Gasteiger partial charge is 0.138 e. The molecule has 3 heteroatoms. The summed E-state index contributed by atoms with van der Waals surface area (Å²) < 4.78 is 0. The quantitative estimate of drug-likeness (QED) is 0.482. The number of benzene rings is 2. The minimum Gasteiger partial charge on any atom is -0.256 e. The molecule has 0 fully saturated rings. The van der Waals surface area contributed by atoms with Crippen LogP contribution in [0.2, 0.25) is 5.15 Å². The van der Waals surface area contributed by atoms with Gasteiger partial charge in [-0.25, -0.2) is 4.98 Å². The van der Waals surface area contributed by atoms with Gasteiger partial charge in [-0.05, 0) is 36.8 Å². The molecule has 2 aromatic carbocycles. The number of para-hydroxylation sites is 1. The average Bonchev–Trinajstić information content (AvgIpc) is 2.45. The van der Waals surface area contributed by atoms with Gasteiger partial charge in [-0.15, -0.1) is 0 Å². The molecule has 0 radical (unpaired) electrons. The zero-order valence-corrected chi connectivity index (χ0v) is 11.8. The van der Waals surface area contributed by atoms with Crippen LogP contribution >= 0.6 is 11.6 Å². The number of aliphatic imine (C=N–C) groups is 1. The monoisotopic (exact) mass is 280 g/mol. The first-order chi connectivity index (χ1) is 9.72. The predicted molar refractivity (Wildman–Crippen MR) is 85.2 cm³/mol. The number of hydrogen-bond donors (Lipinski definition) is 0. The Morgan fingerprint density at radius 3 is 2.75 bits per heavy atom. The van der Waals surface area contributed by atoms with Crippen LogP contribution in [0, 0.1) is 6.92 Å². The summed E-state index contributed by atoms with van der Waals surface area (Å²) >= 11 is 6.20. The van der Waals surface area contributed by atoms with E-state index >= 15 is 0 Å². The minimum absolute atomic E-state index is 0.472. The lowest BCUT2D eigenvalue weighted by atomic mass is 10.2. The lowest BCUT2D eigenvalue weighted by molar-refractivity contribution is 1.39. The van der Waals surface area contributed by atoms with Gasteiger partial charge in [-0.2, -0.15) is 0 Å². The van der Waals surface area contributed by atoms with Crippen LogP contribution in [0.1, 0.15) is 11.1 Å². The Bertz CT molecular complexity index is 794. The fourth-order valence-electron chi connectivity index (χ4n) is 2.05. The third-order valence-electron chi connectivity index (χ3n) is 3.06. The van der Waals surface area contributed by atoms with Gasteiger partial charge in [0, 0.05) is 17.2 Å². The number of hydrogen-bond acceptors (Lipinski definition) is 2. The Kier molecular flexibility index (Phi) is 3.48. The summed E-state index contributed by atoms with van der Waals surface area (Å²) in [7, 11) is 0. The van der Waals surface area contributed by atoms with Crippen LogP contribution in [-0.4, -0.2) is 11.2 Å². The lowest BCUT2D eigenvalue weighted by Gasteiger charge is -2.01. The number of pyridine rings is 1. The first kappa shape index (κ1) is 12.8. The van der Waals surface area contributed by atoms with E-state index in [0.717, 1.165) is 22.2 Å². The van der Waals surface area contributed by atoms with Crippen LogP contribution in [0.15, 0.2) is 59.6 Å². The van der Waals surface area contributed by atoms with Crippen molar-refractivity contribution < 1.29 is 0 Å². The highest BCUT2D eigenvalue weighted by molar-refractivity contribution is 6.32. The highest BCUT2D eigenvalue weighted by Gasteiger charge is 2.02. The number of aryl methyl sites for hydroxylation is 1. The van der Waals surface area contributed by atoms with Gasteiger partial charge in [-0.1, -0.05) is 41.9 Å². The van der Waals surface area contributed by atoms with Crippen molar-refractivity contribution in [3.8, 4) is 0 Å². The van der Waals surface area contributed by atoms with Crippen LogP contribution in [-0.2, 0) is 0 Å². The maximum Gasteiger partial charge on any atom is 0.138 e. The minimum atomic E-state index is 0.472. The van der Waals surface area contributed by atoms with Crippen molar-refractivity contribution in [3.63, 3.8) is 0 Å². The molecule has 0 aliphatic carbocycles. The van der Waals surface area contributed by atoms with Crippen LogP contribution in [0.4, 0.5) is 5.69 Å². The molecule has 98 valence electrons. The Hall–Kier alpha value is -2.19. The summed E-state index contributed by atoms with van der Waals surface area (Å²) in [4.78, 5) is 8.84. The first-order valence-corrected chi connectivity index (χ1v) is 6.76. The lowest BCUT2D eigenvalue weighted by Crippen LogP contribution is -1.88. The molecule has 1 aromatic heterocycles. The van der Waals surface area contributed by atoms with Gasteiger partial charge < -0.3 is 0 Å². The number of rotatable bonds is 2. The van der Waals surface area contributed by atoms with E-state index in [1.807, 2.05) is 61.5 Å². The highest BCUT2D eigenvalue weighted by Crippen LogP contribution is 2.20. The zero-order chi connectivity index (χ0) is 13.9. The standard InChI is InChI=1S/C17H13ClN2/c1-12-5-4-7-15(9-12)19-11-14-10-13-6-2-3-8-16(13)20-17(14)18/h2-11H,1H3. The van der Waals surface area contributed by atoms with E-state index in [2.05, 4.69) is 9.98 Å². The third kappa shape index (κ3) is 2.70. The predicted octanol–water partition coefficient (Wildman–Crippen LogP) is 4.95. The largest absolute Gasteiger partial charge is 0.256 e. The van der Waals surface area contributed by atoms with E-state index < -0.39 is 0 Å². The Morgan fingerprint density at radius 2 is 1.90 bits per heavy atom. The van der Waals surface area contributed by atoms with E-state index in [-0.39, 0.29) is 0 Å². The second-order valence-electron chi connectivity index (χ2n) is 4.66. The molecule has 3 aromatic rings. The van der Waals surface area contributed by atoms with Gasteiger partial charge in [0.2, 0.25) is 0 Å². The molecule has 0 amide bonds. The van der Waals surface area contributed by atoms with E-state index in [1.165, 1.54) is 5.56 Å². The van der Waals surface area contributed by atoms with Crippen molar-refractivity contribution in [3.05, 3.63) is 70.9 Å². The summed E-state index contributed by atoms with van der Waals surface area (Å²) in [5, 5.41) is 1.53. The van der Waals surface area contributed by atoms with E-state index in [4.69, 9.17) is 11.6 Å². The summed E-state index contributed by atoms with van der Waals surface area (Å²) in [5.41, 5.74) is 3.81. The molecule has 0 bridgehead atoms. The number of aromatic nitrogens is 1. The molecular weight excluding hydrogens is 268 g/mol. The molecule has 0 aliphatic heterocycles. The first-order valence-electron chi connectivity index (χ1n) is 6.38. The van der Waals surface area contributed by atoms with E-state index in [1.54, 1.807) is 6.21 Å². The molecule has 0 saturated heterocycles. The number of halogens is 1. The van der Waals surface area contributed by atoms with E-state index in [9.17, 15) is 0 Å². The van der Waals surface area contributed by atoms with Gasteiger partial charge in [0.15, 0.2) is 0 Å². The third-order valence-corrected chi connectivity index (χ3v) is 3.36. The summed E-state index contributed by atoms with van der Waals surface area (Å²) in [5.74, 6) is 0. The summed E-state index contributed by atoms with van der Waals surface area (Å²) in [6, 6.07) is 17.9. The van der Waals surface area contributed by atoms with Crippen LogP contribution in [0.5, 0.6) is 0 Å². The van der Waals surface area contributed by atoms with Gasteiger partial charge in [0.1, 0.15) is 5.15 Å². The normalized spacial score (nSPS) is 11.3. The van der Waals surface area contributed by atoms with Gasteiger partial charge in [-0.3, -0.25) is 4.99 Å². The maximum atomic E-state index is 6.20. The van der Waals surface area contributed by atoms with Crippen molar-refractivity contribution in [2.45, 2.75) is 6.92 Å². The molecule has 1 heterocycles. The van der Waals surface area contributed by atoms with Crippen molar-refractivity contribution in [2.24, 2.45) is 4.99 Å². The SMILES string of the molecule is Cc1cccc(N=Cc2cc3ccccc3nc2Cl)c1. The Morgan fingerprint density at radius 1 is 1.05 bits per heavy atom. The van der Waals surface area contributed by atoms with Crippen molar-refractivity contribution in [1.29, 1.82) is 0 Å². The molecule has 0 atom stereocenters. The summed E-state index contributed by atoms with van der Waals surface area (Å²) in [6.07, 6.45) is 1.76. The van der Waals surface area contributed by atoms with Gasteiger partial charge >= 0.3 is 0 Å². The zero-order valence-electron chi connectivity index (χ0n) is 11.0. The average molecular weight is 281 g/mol. The Labute approximate surface area is 122 Å². The molecule has 0 spiro atoms. The van der Waals surface area contributed by atoms with Gasteiger partial charge in [0.25, 0.3) is 0 Å². The second kappa shape index (κ2) is 5.43. The van der Waals surface area contributed by atoms with Gasteiger partial charge in [0.05, 0.1) is 11.2 Å². The summed E-state index contributed by atoms with van der Waals surface area (Å²) in [6.45, 7) is 2.05. The fraction of sp³-hybridized carbons (Fsp3) is 0.0588. The topological polar surface area (TPSA) is 25.2 Å². The van der Waals surface area contributed by atoms with Crippen LogP contribution in [0.25, 0.3) is 10.9 Å². The van der Waals surface area contributed by atoms with Crippen LogP contribution < -0.4 is 0 Å². The molecule has 0 N–H and O–H groups in total. The van der Waals surface area contributed by atoms with Crippen molar-refractivity contribution in [2.75, 3.05) is 0 Å². The molecule has 0 saturated carbocycles. The molecule has 0 unspecified atom stereocenters.